The Morgan fingerprint density at radius 2 is 2.31 bits per heavy atom. The van der Waals surface area contributed by atoms with E-state index in [9.17, 15) is 0 Å². The first-order valence-electron chi connectivity index (χ1n) is 5.18. The van der Waals surface area contributed by atoms with Crippen LogP contribution in [0, 0.1) is 5.92 Å². The second-order valence-corrected chi connectivity index (χ2v) is 3.85. The first-order chi connectivity index (χ1) is 6.24. The van der Waals surface area contributed by atoms with Crippen LogP contribution in [0.4, 0.5) is 0 Å². The van der Waals surface area contributed by atoms with Gasteiger partial charge in [-0.2, -0.15) is 0 Å². The van der Waals surface area contributed by atoms with Gasteiger partial charge in [-0.1, -0.05) is 32.4 Å². The van der Waals surface area contributed by atoms with Crippen LogP contribution in [0.2, 0.25) is 0 Å². The van der Waals surface area contributed by atoms with Crippen molar-refractivity contribution in [1.82, 2.24) is 0 Å². The van der Waals surface area contributed by atoms with Crippen LogP contribution < -0.4 is 0 Å². The summed E-state index contributed by atoms with van der Waals surface area (Å²) in [7, 11) is 0. The SMILES string of the molecule is CCC(C)/C=C\C1=C(C)COCC1. The summed E-state index contributed by atoms with van der Waals surface area (Å²) in [6.45, 7) is 8.35. The maximum atomic E-state index is 5.35. The number of hydrogen-bond acceptors (Lipinski definition) is 1. The summed E-state index contributed by atoms with van der Waals surface area (Å²) in [5.74, 6) is 0.697. The molecule has 0 aliphatic carbocycles. The molecule has 0 N–H and O–H groups in total. The lowest BCUT2D eigenvalue weighted by Crippen LogP contribution is -2.08. The third kappa shape index (κ3) is 3.35. The third-order valence-electron chi connectivity index (χ3n) is 2.65. The smallest absolute Gasteiger partial charge is 0.0679 e. The maximum Gasteiger partial charge on any atom is 0.0679 e. The fourth-order valence-corrected chi connectivity index (χ4v) is 1.36. The van der Waals surface area contributed by atoms with E-state index in [1.807, 2.05) is 0 Å². The van der Waals surface area contributed by atoms with Crippen molar-refractivity contribution in [3.63, 3.8) is 0 Å². The second kappa shape index (κ2) is 5.23. The van der Waals surface area contributed by atoms with Crippen molar-refractivity contribution in [1.29, 1.82) is 0 Å². The molecule has 1 aliphatic rings. The van der Waals surface area contributed by atoms with E-state index in [0.717, 1.165) is 19.6 Å². The van der Waals surface area contributed by atoms with Gasteiger partial charge in [0.1, 0.15) is 0 Å². The molecule has 0 saturated heterocycles. The summed E-state index contributed by atoms with van der Waals surface area (Å²) in [5, 5.41) is 0. The van der Waals surface area contributed by atoms with Crippen molar-refractivity contribution in [3.05, 3.63) is 23.3 Å². The van der Waals surface area contributed by atoms with E-state index in [1.54, 1.807) is 0 Å². The van der Waals surface area contributed by atoms with Crippen molar-refractivity contribution in [2.24, 2.45) is 5.92 Å². The highest BCUT2D eigenvalue weighted by molar-refractivity contribution is 5.26. The fraction of sp³-hybridized carbons (Fsp3) is 0.667. The van der Waals surface area contributed by atoms with Gasteiger partial charge in [-0.25, -0.2) is 0 Å². The average Bonchev–Trinajstić information content (AvgIpc) is 2.16. The Morgan fingerprint density at radius 3 is 2.92 bits per heavy atom. The van der Waals surface area contributed by atoms with Gasteiger partial charge < -0.3 is 4.74 Å². The molecule has 13 heavy (non-hydrogen) atoms. The van der Waals surface area contributed by atoms with Gasteiger partial charge in [-0.15, -0.1) is 0 Å². The van der Waals surface area contributed by atoms with Crippen molar-refractivity contribution >= 4 is 0 Å². The van der Waals surface area contributed by atoms with E-state index >= 15 is 0 Å². The number of allylic oxidation sites excluding steroid dienone is 2. The zero-order valence-electron chi connectivity index (χ0n) is 8.97. The Labute approximate surface area is 81.5 Å². The summed E-state index contributed by atoms with van der Waals surface area (Å²) < 4.78 is 5.35. The van der Waals surface area contributed by atoms with Crippen LogP contribution in [0.3, 0.4) is 0 Å². The lowest BCUT2D eigenvalue weighted by Gasteiger charge is -2.15. The standard InChI is InChI=1S/C12H20O/c1-4-10(2)5-6-12-7-8-13-9-11(12)3/h5-6,10H,4,7-9H2,1-3H3/b6-5-. The molecule has 1 rings (SSSR count). The largest absolute Gasteiger partial charge is 0.377 e. The molecule has 0 aromatic rings. The molecule has 0 aromatic carbocycles. The topological polar surface area (TPSA) is 9.23 Å². The quantitative estimate of drug-likeness (QED) is 0.647. The lowest BCUT2D eigenvalue weighted by atomic mass is 10.0. The normalized spacial score (nSPS) is 21.2. The molecule has 1 heteroatoms. The van der Waals surface area contributed by atoms with Crippen molar-refractivity contribution in [2.75, 3.05) is 13.2 Å². The van der Waals surface area contributed by atoms with E-state index in [4.69, 9.17) is 4.74 Å². The van der Waals surface area contributed by atoms with Gasteiger partial charge in [0.2, 0.25) is 0 Å². The molecule has 74 valence electrons. The van der Waals surface area contributed by atoms with Gasteiger partial charge in [-0.3, -0.25) is 0 Å². The summed E-state index contributed by atoms with van der Waals surface area (Å²) in [6.07, 6.45) is 6.90. The van der Waals surface area contributed by atoms with Crippen molar-refractivity contribution < 1.29 is 4.74 Å². The van der Waals surface area contributed by atoms with Crippen LogP contribution in [-0.2, 0) is 4.74 Å². The first-order valence-corrected chi connectivity index (χ1v) is 5.18. The monoisotopic (exact) mass is 180 g/mol. The van der Waals surface area contributed by atoms with Crippen molar-refractivity contribution in [3.8, 4) is 0 Å². The molecule has 0 bridgehead atoms. The van der Waals surface area contributed by atoms with E-state index in [-0.39, 0.29) is 0 Å². The minimum atomic E-state index is 0.697. The van der Waals surface area contributed by atoms with Gasteiger partial charge in [0.25, 0.3) is 0 Å². The predicted octanol–water partition coefficient (Wildman–Crippen LogP) is 3.33. The maximum absolute atomic E-state index is 5.35. The van der Waals surface area contributed by atoms with Crippen LogP contribution >= 0.6 is 0 Å². The fourth-order valence-electron chi connectivity index (χ4n) is 1.36. The molecule has 0 amide bonds. The Bertz CT molecular complexity index is 213. The van der Waals surface area contributed by atoms with Gasteiger partial charge in [0.05, 0.1) is 13.2 Å². The summed E-state index contributed by atoms with van der Waals surface area (Å²) in [5.41, 5.74) is 2.87. The minimum absolute atomic E-state index is 0.697. The molecule has 1 nitrogen and oxygen atoms in total. The lowest BCUT2D eigenvalue weighted by molar-refractivity contribution is 0.148. The zero-order valence-corrected chi connectivity index (χ0v) is 8.97. The molecule has 0 radical (unpaired) electrons. The number of rotatable bonds is 3. The summed E-state index contributed by atoms with van der Waals surface area (Å²) in [4.78, 5) is 0. The highest BCUT2D eigenvalue weighted by Gasteiger charge is 2.06. The van der Waals surface area contributed by atoms with Gasteiger partial charge in [0.15, 0.2) is 0 Å². The van der Waals surface area contributed by atoms with E-state index in [2.05, 4.69) is 32.9 Å². The Hall–Kier alpha value is -0.560. The minimum Gasteiger partial charge on any atom is -0.377 e. The number of ether oxygens (including phenoxy) is 1. The van der Waals surface area contributed by atoms with E-state index in [0.29, 0.717) is 5.92 Å². The van der Waals surface area contributed by atoms with Crippen LogP contribution in [0.1, 0.15) is 33.6 Å². The molecule has 1 heterocycles. The van der Waals surface area contributed by atoms with E-state index < -0.39 is 0 Å². The highest BCUT2D eigenvalue weighted by Crippen LogP contribution is 2.17. The van der Waals surface area contributed by atoms with Crippen LogP contribution in [0.5, 0.6) is 0 Å². The summed E-state index contributed by atoms with van der Waals surface area (Å²) in [6, 6.07) is 0. The van der Waals surface area contributed by atoms with E-state index in [1.165, 1.54) is 17.6 Å². The average molecular weight is 180 g/mol. The Morgan fingerprint density at radius 1 is 1.54 bits per heavy atom. The molecular formula is C12H20O. The molecule has 1 aliphatic heterocycles. The molecule has 1 atom stereocenters. The van der Waals surface area contributed by atoms with Crippen LogP contribution in [-0.4, -0.2) is 13.2 Å². The molecule has 0 saturated carbocycles. The van der Waals surface area contributed by atoms with Gasteiger partial charge in [-0.05, 0) is 30.4 Å². The molecule has 0 spiro atoms. The zero-order chi connectivity index (χ0) is 9.68. The Balaban J connectivity index is 2.56. The van der Waals surface area contributed by atoms with Crippen LogP contribution in [0.15, 0.2) is 23.3 Å². The first kappa shape index (κ1) is 10.5. The van der Waals surface area contributed by atoms with Crippen LogP contribution in [0.25, 0.3) is 0 Å². The molecular weight excluding hydrogens is 160 g/mol. The summed E-state index contributed by atoms with van der Waals surface area (Å²) >= 11 is 0. The predicted molar refractivity (Wildman–Crippen MR) is 56.7 cm³/mol. The Kier molecular flexibility index (Phi) is 4.23. The number of hydrogen-bond donors (Lipinski definition) is 0. The molecule has 0 fully saturated rings. The van der Waals surface area contributed by atoms with Gasteiger partial charge in [0, 0.05) is 0 Å². The third-order valence-corrected chi connectivity index (χ3v) is 2.65. The van der Waals surface area contributed by atoms with Gasteiger partial charge >= 0.3 is 0 Å². The highest BCUT2D eigenvalue weighted by atomic mass is 16.5. The van der Waals surface area contributed by atoms with Crippen molar-refractivity contribution in [2.45, 2.75) is 33.6 Å². The second-order valence-electron chi connectivity index (χ2n) is 3.85. The molecule has 0 aromatic heterocycles. The molecule has 1 unspecified atom stereocenters.